The zero-order valence-electron chi connectivity index (χ0n) is 9.56. The monoisotopic (exact) mass is 253 g/mol. The Kier molecular flexibility index (Phi) is 4.59. The van der Waals surface area contributed by atoms with E-state index < -0.39 is 0 Å². The van der Waals surface area contributed by atoms with Gasteiger partial charge in [-0.05, 0) is 36.1 Å². The fraction of sp³-hybridized carbons (Fsp3) is 0.615. The lowest BCUT2D eigenvalue weighted by Crippen LogP contribution is -2.28. The van der Waals surface area contributed by atoms with Gasteiger partial charge in [-0.3, -0.25) is 4.98 Å². The largest absolute Gasteiger partial charge is 0.265 e. The number of nitrogens with zero attached hydrogens (tertiary/aromatic N) is 1. The predicted molar refractivity (Wildman–Crippen MR) is 74.3 cm³/mol. The maximum absolute atomic E-state index is 4.57. The van der Waals surface area contributed by atoms with Crippen molar-refractivity contribution in [3.05, 3.63) is 24.5 Å². The zero-order valence-corrected chi connectivity index (χ0v) is 11.3. The van der Waals surface area contributed by atoms with Gasteiger partial charge in [0.05, 0.1) is 0 Å². The van der Waals surface area contributed by atoms with E-state index in [4.69, 9.17) is 0 Å². The first kappa shape index (κ1) is 12.3. The van der Waals surface area contributed by atoms with E-state index in [0.717, 1.165) is 5.75 Å². The summed E-state index contributed by atoms with van der Waals surface area (Å²) in [5.41, 5.74) is 0.481. The number of thioether (sulfide) groups is 1. The fourth-order valence-corrected chi connectivity index (χ4v) is 4.08. The lowest BCUT2D eigenvalue weighted by Gasteiger charge is -2.35. The average molecular weight is 253 g/mol. The molecule has 1 heterocycles. The highest BCUT2D eigenvalue weighted by Crippen LogP contribution is 2.41. The van der Waals surface area contributed by atoms with Gasteiger partial charge < -0.3 is 0 Å². The summed E-state index contributed by atoms with van der Waals surface area (Å²) in [6.45, 7) is 0. The molecule has 3 heteroatoms. The Hall–Kier alpha value is -0.150. The molecule has 0 aromatic carbocycles. The van der Waals surface area contributed by atoms with Gasteiger partial charge in [-0.15, -0.1) is 11.8 Å². The third-order valence-electron chi connectivity index (χ3n) is 3.44. The Bertz CT molecular complexity index is 307. The lowest BCUT2D eigenvalue weighted by molar-refractivity contribution is 0.259. The topological polar surface area (TPSA) is 12.9 Å². The van der Waals surface area contributed by atoms with E-state index in [0.29, 0.717) is 5.41 Å². The molecular weight excluding hydrogens is 234 g/mol. The molecule has 16 heavy (non-hydrogen) atoms. The first-order valence-corrected chi connectivity index (χ1v) is 7.60. The van der Waals surface area contributed by atoms with Crippen LogP contribution in [-0.2, 0) is 0 Å². The molecule has 0 atom stereocenters. The third kappa shape index (κ3) is 3.17. The molecule has 1 aliphatic carbocycles. The number of hydrogen-bond acceptors (Lipinski definition) is 3. The molecule has 1 aliphatic rings. The van der Waals surface area contributed by atoms with Crippen LogP contribution in [0.2, 0.25) is 0 Å². The number of rotatable bonds is 4. The van der Waals surface area contributed by atoms with Crippen LogP contribution in [0.25, 0.3) is 0 Å². The molecule has 0 N–H and O–H groups in total. The van der Waals surface area contributed by atoms with Crippen LogP contribution in [-0.4, -0.2) is 16.5 Å². The molecule has 88 valence electrons. The Morgan fingerprint density at radius 2 is 1.88 bits per heavy atom. The van der Waals surface area contributed by atoms with Gasteiger partial charge in [0.15, 0.2) is 0 Å². The van der Waals surface area contributed by atoms with Crippen LogP contribution in [0.3, 0.4) is 0 Å². The van der Waals surface area contributed by atoms with Crippen molar-refractivity contribution in [1.29, 1.82) is 0 Å². The average Bonchev–Trinajstić information content (AvgIpc) is 2.39. The minimum absolute atomic E-state index is 0.481. The Morgan fingerprint density at radius 3 is 2.50 bits per heavy atom. The maximum atomic E-state index is 4.57. The summed E-state index contributed by atoms with van der Waals surface area (Å²) < 4.78 is 0. The van der Waals surface area contributed by atoms with Crippen molar-refractivity contribution < 1.29 is 0 Å². The minimum Gasteiger partial charge on any atom is -0.265 e. The molecule has 2 rings (SSSR count). The molecule has 0 amide bonds. The summed E-state index contributed by atoms with van der Waals surface area (Å²) in [6.07, 6.45) is 10.6. The highest BCUT2D eigenvalue weighted by Gasteiger charge is 2.30. The highest BCUT2D eigenvalue weighted by atomic mass is 32.2. The van der Waals surface area contributed by atoms with Crippen LogP contribution >= 0.6 is 24.4 Å². The van der Waals surface area contributed by atoms with E-state index in [2.05, 4.69) is 29.7 Å². The summed E-state index contributed by atoms with van der Waals surface area (Å²) in [6, 6.07) is 4.19. The van der Waals surface area contributed by atoms with Gasteiger partial charge in [0.25, 0.3) is 0 Å². The number of pyridine rings is 1. The van der Waals surface area contributed by atoms with Crippen LogP contribution in [0.1, 0.15) is 32.1 Å². The van der Waals surface area contributed by atoms with Crippen LogP contribution in [0, 0.1) is 5.41 Å². The second-order valence-corrected chi connectivity index (χ2v) is 6.06. The summed E-state index contributed by atoms with van der Waals surface area (Å²) in [7, 11) is 0. The number of thiol groups is 1. The molecule has 0 aliphatic heterocycles. The van der Waals surface area contributed by atoms with Gasteiger partial charge in [0, 0.05) is 23.0 Å². The second kappa shape index (κ2) is 5.97. The van der Waals surface area contributed by atoms with Gasteiger partial charge in [0.1, 0.15) is 0 Å². The number of hydrogen-bond donors (Lipinski definition) is 1. The van der Waals surface area contributed by atoms with E-state index >= 15 is 0 Å². The molecule has 0 saturated heterocycles. The van der Waals surface area contributed by atoms with Crippen LogP contribution < -0.4 is 0 Å². The summed E-state index contributed by atoms with van der Waals surface area (Å²) in [5.74, 6) is 2.24. The van der Waals surface area contributed by atoms with E-state index in [-0.39, 0.29) is 0 Å². The maximum Gasteiger partial charge on any atom is 0.0278 e. The molecule has 0 bridgehead atoms. The zero-order chi connectivity index (χ0) is 11.3. The van der Waals surface area contributed by atoms with Gasteiger partial charge in [-0.25, -0.2) is 0 Å². The third-order valence-corrected chi connectivity index (χ3v) is 5.48. The van der Waals surface area contributed by atoms with Crippen LogP contribution in [0.5, 0.6) is 0 Å². The molecule has 1 aromatic rings. The molecule has 1 saturated carbocycles. The van der Waals surface area contributed by atoms with Gasteiger partial charge >= 0.3 is 0 Å². The predicted octanol–water partition coefficient (Wildman–Crippen LogP) is 4.05. The number of aromatic nitrogens is 1. The van der Waals surface area contributed by atoms with E-state index in [9.17, 15) is 0 Å². The van der Waals surface area contributed by atoms with Crippen molar-refractivity contribution in [2.45, 2.75) is 37.0 Å². The van der Waals surface area contributed by atoms with Crippen molar-refractivity contribution in [1.82, 2.24) is 4.98 Å². The Morgan fingerprint density at radius 1 is 1.19 bits per heavy atom. The van der Waals surface area contributed by atoms with E-state index in [1.807, 2.05) is 24.2 Å². The summed E-state index contributed by atoms with van der Waals surface area (Å²) >= 11 is 6.53. The lowest BCUT2D eigenvalue weighted by atomic mass is 9.77. The summed E-state index contributed by atoms with van der Waals surface area (Å²) in [5, 5.41) is 0. The highest BCUT2D eigenvalue weighted by molar-refractivity contribution is 7.99. The molecule has 1 fully saturated rings. The molecular formula is C13H19NS2. The minimum atomic E-state index is 0.481. The van der Waals surface area contributed by atoms with Gasteiger partial charge in [0.2, 0.25) is 0 Å². The van der Waals surface area contributed by atoms with Crippen LogP contribution in [0.4, 0.5) is 0 Å². The van der Waals surface area contributed by atoms with E-state index in [1.165, 1.54) is 42.8 Å². The van der Waals surface area contributed by atoms with Gasteiger partial charge in [-0.2, -0.15) is 12.6 Å². The SMILES string of the molecule is SCC1(CSc2ccncc2)CCCCC1. The first-order chi connectivity index (χ1) is 7.85. The molecule has 0 radical (unpaired) electrons. The Labute approximate surface area is 108 Å². The molecule has 0 unspecified atom stereocenters. The second-order valence-electron chi connectivity index (χ2n) is 4.69. The molecule has 0 spiro atoms. The van der Waals surface area contributed by atoms with Crippen molar-refractivity contribution in [2.75, 3.05) is 11.5 Å². The fourth-order valence-electron chi connectivity index (χ4n) is 2.32. The first-order valence-electron chi connectivity index (χ1n) is 5.98. The summed E-state index contributed by atoms with van der Waals surface area (Å²) in [4.78, 5) is 5.38. The van der Waals surface area contributed by atoms with Crippen molar-refractivity contribution in [2.24, 2.45) is 5.41 Å². The van der Waals surface area contributed by atoms with Crippen molar-refractivity contribution >= 4 is 24.4 Å². The smallest absolute Gasteiger partial charge is 0.0278 e. The Balaban J connectivity index is 1.92. The normalized spacial score (nSPS) is 19.6. The van der Waals surface area contributed by atoms with E-state index in [1.54, 1.807) is 0 Å². The molecule has 1 nitrogen and oxygen atoms in total. The standard InChI is InChI=1S/C13H19NS2/c15-10-13(6-2-1-3-7-13)11-16-12-4-8-14-9-5-12/h4-5,8-9,15H,1-3,6-7,10-11H2. The quantitative estimate of drug-likeness (QED) is 0.642. The molecule has 1 aromatic heterocycles. The van der Waals surface area contributed by atoms with Crippen molar-refractivity contribution in [3.8, 4) is 0 Å². The van der Waals surface area contributed by atoms with Crippen LogP contribution in [0.15, 0.2) is 29.4 Å². The van der Waals surface area contributed by atoms with Gasteiger partial charge in [-0.1, -0.05) is 19.3 Å². The van der Waals surface area contributed by atoms with Crippen molar-refractivity contribution in [3.63, 3.8) is 0 Å².